The Kier molecular flexibility index (Phi) is 5.14. The van der Waals surface area contributed by atoms with E-state index in [0.717, 1.165) is 31.2 Å². The van der Waals surface area contributed by atoms with Gasteiger partial charge in [0, 0.05) is 0 Å². The average Bonchev–Trinajstić information content (AvgIpc) is 2.45. The maximum absolute atomic E-state index is 12.3. The topological polar surface area (TPSA) is 34.1 Å². The van der Waals surface area contributed by atoms with Crippen LogP contribution in [0, 0.1) is 0 Å². The van der Waals surface area contributed by atoms with E-state index in [1.807, 2.05) is 0 Å². The molecule has 1 aromatic carbocycles. The van der Waals surface area contributed by atoms with Gasteiger partial charge in [-0.3, -0.25) is 0 Å². The smallest absolute Gasteiger partial charge is 0.154 e. The number of rotatable bonds is 4. The molecule has 0 aromatic heterocycles. The number of sulfone groups is 1. The summed E-state index contributed by atoms with van der Waals surface area (Å²) < 4.78 is 24.5. The van der Waals surface area contributed by atoms with Crippen LogP contribution < -0.4 is 0 Å². The molecule has 1 saturated heterocycles. The summed E-state index contributed by atoms with van der Waals surface area (Å²) in [6.07, 6.45) is 4.25. The summed E-state index contributed by atoms with van der Waals surface area (Å²) in [5, 5.41) is -0.836. The predicted molar refractivity (Wildman–Crippen MR) is 85.2 cm³/mol. The van der Waals surface area contributed by atoms with Gasteiger partial charge in [-0.05, 0) is 42.4 Å². The Morgan fingerprint density at radius 3 is 2.60 bits per heavy atom. The van der Waals surface area contributed by atoms with Crippen LogP contribution in [0.1, 0.15) is 55.2 Å². The number of hydrogen-bond acceptors (Lipinski definition) is 2. The molecule has 0 N–H and O–H groups in total. The molecule has 0 amide bonds. The van der Waals surface area contributed by atoms with Crippen LogP contribution in [0.2, 0.25) is 0 Å². The lowest BCUT2D eigenvalue weighted by molar-refractivity contribution is 0.533. The van der Waals surface area contributed by atoms with Gasteiger partial charge >= 0.3 is 0 Å². The molecule has 0 saturated carbocycles. The fraction of sp³-hybridized carbons (Fsp3) is 0.625. The van der Waals surface area contributed by atoms with Crippen molar-refractivity contribution in [2.24, 2.45) is 0 Å². The molecule has 2 rings (SSSR count). The van der Waals surface area contributed by atoms with Crippen LogP contribution in [0.3, 0.4) is 0 Å². The molecule has 0 spiro atoms. The largest absolute Gasteiger partial charge is 0.228 e. The van der Waals surface area contributed by atoms with E-state index in [0.29, 0.717) is 6.42 Å². The van der Waals surface area contributed by atoms with E-state index >= 15 is 0 Å². The first-order valence-corrected chi connectivity index (χ1v) is 9.62. The highest BCUT2D eigenvalue weighted by atomic mass is 35.5. The SMILES string of the molecule is CCc1ccc(CC)c(C(Cl)C2CCCCS2(=O)=O)c1. The van der Waals surface area contributed by atoms with E-state index in [1.165, 1.54) is 11.1 Å². The molecule has 1 aliphatic rings. The van der Waals surface area contributed by atoms with Gasteiger partial charge in [0.1, 0.15) is 0 Å². The Morgan fingerprint density at radius 2 is 2.00 bits per heavy atom. The molecule has 1 aromatic rings. The molecule has 1 aliphatic heterocycles. The maximum Gasteiger partial charge on any atom is 0.154 e. The van der Waals surface area contributed by atoms with Crippen LogP contribution >= 0.6 is 11.6 Å². The molecule has 4 heteroatoms. The zero-order valence-electron chi connectivity index (χ0n) is 12.2. The summed E-state index contributed by atoms with van der Waals surface area (Å²) in [5.41, 5.74) is 3.41. The van der Waals surface area contributed by atoms with E-state index < -0.39 is 20.5 Å². The van der Waals surface area contributed by atoms with Crippen molar-refractivity contribution in [1.82, 2.24) is 0 Å². The molecule has 0 bridgehead atoms. The molecule has 2 nitrogen and oxygen atoms in total. The molecule has 1 heterocycles. The highest BCUT2D eigenvalue weighted by Crippen LogP contribution is 2.37. The van der Waals surface area contributed by atoms with Gasteiger partial charge in [-0.15, -0.1) is 11.6 Å². The fourth-order valence-corrected chi connectivity index (χ4v) is 5.70. The summed E-state index contributed by atoms with van der Waals surface area (Å²) in [5.74, 6) is 0.288. The predicted octanol–water partition coefficient (Wildman–Crippen LogP) is 4.06. The van der Waals surface area contributed by atoms with Gasteiger partial charge in [0.25, 0.3) is 0 Å². The lowest BCUT2D eigenvalue weighted by Crippen LogP contribution is -2.32. The van der Waals surface area contributed by atoms with Crippen molar-refractivity contribution in [3.63, 3.8) is 0 Å². The normalized spacial score (nSPS) is 23.4. The molecule has 0 radical (unpaired) electrons. The van der Waals surface area contributed by atoms with Crippen LogP contribution in [-0.2, 0) is 22.7 Å². The second-order valence-corrected chi connectivity index (χ2v) is 8.35. The zero-order chi connectivity index (χ0) is 14.8. The lowest BCUT2D eigenvalue weighted by atomic mass is 9.95. The van der Waals surface area contributed by atoms with E-state index in [9.17, 15) is 8.42 Å². The molecule has 1 fully saturated rings. The molecule has 20 heavy (non-hydrogen) atoms. The molecule has 2 atom stereocenters. The number of aryl methyl sites for hydroxylation is 2. The van der Waals surface area contributed by atoms with Crippen molar-refractivity contribution in [3.05, 3.63) is 34.9 Å². The highest BCUT2D eigenvalue weighted by Gasteiger charge is 2.36. The Morgan fingerprint density at radius 1 is 1.25 bits per heavy atom. The summed E-state index contributed by atoms with van der Waals surface area (Å²) in [6.45, 7) is 4.19. The minimum absolute atomic E-state index is 0.288. The molecular formula is C16H23ClO2S. The van der Waals surface area contributed by atoms with Crippen LogP contribution in [-0.4, -0.2) is 19.4 Å². The Balaban J connectivity index is 2.38. The third-order valence-electron chi connectivity index (χ3n) is 4.25. The van der Waals surface area contributed by atoms with E-state index in [4.69, 9.17) is 11.6 Å². The zero-order valence-corrected chi connectivity index (χ0v) is 13.8. The van der Waals surface area contributed by atoms with Gasteiger partial charge in [-0.2, -0.15) is 0 Å². The summed E-state index contributed by atoms with van der Waals surface area (Å²) in [4.78, 5) is 0. The number of alkyl halides is 1. The van der Waals surface area contributed by atoms with Crippen LogP contribution in [0.4, 0.5) is 0 Å². The Hall–Kier alpha value is -0.540. The average molecular weight is 315 g/mol. The van der Waals surface area contributed by atoms with Crippen molar-refractivity contribution in [1.29, 1.82) is 0 Å². The minimum Gasteiger partial charge on any atom is -0.228 e. The third-order valence-corrected chi connectivity index (χ3v) is 7.23. The van der Waals surface area contributed by atoms with E-state index in [2.05, 4.69) is 32.0 Å². The highest BCUT2D eigenvalue weighted by molar-refractivity contribution is 7.92. The maximum atomic E-state index is 12.3. The van der Waals surface area contributed by atoms with Crippen molar-refractivity contribution in [3.8, 4) is 0 Å². The fourth-order valence-electron chi connectivity index (χ4n) is 2.95. The summed E-state index contributed by atoms with van der Waals surface area (Å²) >= 11 is 6.60. The van der Waals surface area contributed by atoms with Crippen molar-refractivity contribution in [2.75, 3.05) is 5.75 Å². The first kappa shape index (κ1) is 15.8. The van der Waals surface area contributed by atoms with Gasteiger partial charge in [-0.25, -0.2) is 8.42 Å². The van der Waals surface area contributed by atoms with Crippen LogP contribution in [0.5, 0.6) is 0 Å². The van der Waals surface area contributed by atoms with Crippen molar-refractivity contribution in [2.45, 2.75) is 56.6 Å². The third kappa shape index (κ3) is 3.20. The van der Waals surface area contributed by atoms with Gasteiger partial charge in [0.2, 0.25) is 0 Å². The van der Waals surface area contributed by atoms with Crippen molar-refractivity contribution < 1.29 is 8.42 Å². The standard InChI is InChI=1S/C16H23ClO2S/c1-3-12-8-9-13(4-2)14(11-12)16(17)15-7-5-6-10-20(15,18)19/h8-9,11,15-16H,3-7,10H2,1-2H3. The molecular weight excluding hydrogens is 292 g/mol. The quantitative estimate of drug-likeness (QED) is 0.785. The summed E-state index contributed by atoms with van der Waals surface area (Å²) in [6, 6.07) is 6.31. The van der Waals surface area contributed by atoms with Crippen LogP contribution in [0.25, 0.3) is 0 Å². The molecule has 112 valence electrons. The lowest BCUT2D eigenvalue weighted by Gasteiger charge is -2.28. The Labute approximate surface area is 127 Å². The summed E-state index contributed by atoms with van der Waals surface area (Å²) in [7, 11) is -3.05. The first-order chi connectivity index (χ1) is 9.49. The minimum atomic E-state index is -3.05. The van der Waals surface area contributed by atoms with Crippen LogP contribution in [0.15, 0.2) is 18.2 Å². The second kappa shape index (κ2) is 6.48. The molecule has 0 aliphatic carbocycles. The van der Waals surface area contributed by atoms with Crippen molar-refractivity contribution >= 4 is 21.4 Å². The van der Waals surface area contributed by atoms with Gasteiger partial charge in [-0.1, -0.05) is 38.5 Å². The van der Waals surface area contributed by atoms with Gasteiger partial charge in [0.15, 0.2) is 9.84 Å². The number of benzene rings is 1. The second-order valence-electron chi connectivity index (χ2n) is 5.54. The Bertz CT molecular complexity index is 566. The van der Waals surface area contributed by atoms with Gasteiger partial charge in [0.05, 0.1) is 16.4 Å². The van der Waals surface area contributed by atoms with E-state index in [1.54, 1.807) is 0 Å². The number of halogens is 1. The monoisotopic (exact) mass is 314 g/mol. The first-order valence-electron chi connectivity index (χ1n) is 7.47. The van der Waals surface area contributed by atoms with E-state index in [-0.39, 0.29) is 5.75 Å². The number of hydrogen-bond donors (Lipinski definition) is 0. The van der Waals surface area contributed by atoms with Gasteiger partial charge < -0.3 is 0 Å². The molecule has 2 unspecified atom stereocenters.